The van der Waals surface area contributed by atoms with Gasteiger partial charge in [-0.1, -0.05) is 6.92 Å². The first kappa shape index (κ1) is 22.8. The van der Waals surface area contributed by atoms with Crippen LogP contribution in [0.2, 0.25) is 0 Å². The summed E-state index contributed by atoms with van der Waals surface area (Å²) in [6.07, 6.45) is 0.527. The second-order valence-corrected chi connectivity index (χ2v) is 1.86. The largest absolute Gasteiger partial charge is 2.00 e. The molecule has 0 aliphatic heterocycles. The molecule has 0 spiro atoms. The van der Waals surface area contributed by atoms with Crippen molar-refractivity contribution in [1.29, 1.82) is 0 Å². The first-order chi connectivity index (χ1) is 4.09. The normalized spacial score (nSPS) is 12.2. The third-order valence-electron chi connectivity index (χ3n) is 1.07. The summed E-state index contributed by atoms with van der Waals surface area (Å²) in [6, 6.07) is -1.07. The van der Waals surface area contributed by atoms with E-state index < -0.39 is 17.9 Å². The Morgan fingerprint density at radius 3 is 2.00 bits per heavy atom. The summed E-state index contributed by atoms with van der Waals surface area (Å²) in [4.78, 5) is 19.9. The SMILES string of the molecule is CC(C=O)[C@H](N)C(=O)O.O.O.[Ca+2].[H-].[H-]. The van der Waals surface area contributed by atoms with E-state index in [1.807, 2.05) is 0 Å². The average molecular weight is 209 g/mol. The van der Waals surface area contributed by atoms with Crippen molar-refractivity contribution in [3.8, 4) is 0 Å². The van der Waals surface area contributed by atoms with E-state index in [0.29, 0.717) is 6.29 Å². The van der Waals surface area contributed by atoms with E-state index in [2.05, 4.69) is 0 Å². The molecule has 0 aromatic rings. The van der Waals surface area contributed by atoms with Gasteiger partial charge in [0.05, 0.1) is 0 Å². The second-order valence-electron chi connectivity index (χ2n) is 1.86. The zero-order chi connectivity index (χ0) is 7.44. The van der Waals surface area contributed by atoms with Crippen LogP contribution < -0.4 is 5.73 Å². The maximum atomic E-state index is 10.0. The van der Waals surface area contributed by atoms with Crippen LogP contribution in [0, 0.1) is 5.92 Å². The molecule has 0 rings (SSSR count). The van der Waals surface area contributed by atoms with Gasteiger partial charge in [-0.25, -0.2) is 0 Å². The Morgan fingerprint density at radius 2 is 1.92 bits per heavy atom. The number of carboxylic acid groups (broad SMARTS) is 1. The number of aliphatic carboxylic acids is 1. The number of carbonyl (C=O) groups is 2. The third-order valence-corrected chi connectivity index (χ3v) is 1.07. The van der Waals surface area contributed by atoms with E-state index in [4.69, 9.17) is 10.8 Å². The molecule has 0 heterocycles. The van der Waals surface area contributed by atoms with Gasteiger partial charge in [0, 0.05) is 5.92 Å². The van der Waals surface area contributed by atoms with Crippen LogP contribution in [0.1, 0.15) is 9.78 Å². The number of nitrogens with two attached hydrogens (primary N) is 1. The van der Waals surface area contributed by atoms with Crippen LogP contribution in [0.15, 0.2) is 0 Å². The van der Waals surface area contributed by atoms with Crippen LogP contribution in [0.4, 0.5) is 0 Å². The van der Waals surface area contributed by atoms with Crippen LogP contribution >= 0.6 is 0 Å². The van der Waals surface area contributed by atoms with Crippen LogP contribution in [0.3, 0.4) is 0 Å². The first-order valence-electron chi connectivity index (χ1n) is 2.53. The van der Waals surface area contributed by atoms with Gasteiger partial charge in [-0.2, -0.15) is 0 Å². The van der Waals surface area contributed by atoms with E-state index in [1.54, 1.807) is 0 Å². The van der Waals surface area contributed by atoms with Crippen molar-refractivity contribution in [3.05, 3.63) is 0 Å². The van der Waals surface area contributed by atoms with E-state index in [0.717, 1.165) is 0 Å². The number of aldehydes is 1. The minimum absolute atomic E-state index is 0. The van der Waals surface area contributed by atoms with Gasteiger partial charge in [-0.3, -0.25) is 4.79 Å². The third kappa shape index (κ3) is 8.38. The predicted molar refractivity (Wildman–Crippen MR) is 46.0 cm³/mol. The minimum atomic E-state index is -1.14. The Hall–Kier alpha value is 0.280. The smallest absolute Gasteiger partial charge is 1.00 e. The molecule has 0 aromatic carbocycles. The minimum Gasteiger partial charge on any atom is -1.00 e. The molecule has 72 valence electrons. The Bertz CT molecular complexity index is 139. The standard InChI is InChI=1S/C5H9NO3.Ca.2H2O.2H/c1-3(2-7)4(6)5(8)9;;;;;/h2-4H,6H2,1H3,(H,8,9);;2*1H2;;/q;+2;;;2*-1/t3?,4-;;;;;/m0...../s1. The van der Waals surface area contributed by atoms with Gasteiger partial charge in [0.15, 0.2) is 0 Å². The predicted octanol–water partition coefficient (Wildman–Crippen LogP) is -2.57. The van der Waals surface area contributed by atoms with Gasteiger partial charge in [0.1, 0.15) is 12.3 Å². The number of carboxylic acids is 1. The van der Waals surface area contributed by atoms with Gasteiger partial charge in [0.25, 0.3) is 0 Å². The van der Waals surface area contributed by atoms with E-state index in [9.17, 15) is 9.59 Å². The summed E-state index contributed by atoms with van der Waals surface area (Å²) >= 11 is 0. The summed E-state index contributed by atoms with van der Waals surface area (Å²) in [7, 11) is 0. The Morgan fingerprint density at radius 1 is 1.58 bits per heavy atom. The van der Waals surface area contributed by atoms with Crippen LogP contribution in [-0.4, -0.2) is 72.1 Å². The summed E-state index contributed by atoms with van der Waals surface area (Å²) < 4.78 is 0. The summed E-state index contributed by atoms with van der Waals surface area (Å²) in [5, 5.41) is 8.20. The monoisotopic (exact) mass is 209 g/mol. The number of hydrogen-bond donors (Lipinski definition) is 2. The van der Waals surface area contributed by atoms with Crippen molar-refractivity contribution in [2.75, 3.05) is 0 Å². The van der Waals surface area contributed by atoms with Crippen LogP contribution in [0.5, 0.6) is 0 Å². The van der Waals surface area contributed by atoms with Crippen LogP contribution in [0.25, 0.3) is 0 Å². The van der Waals surface area contributed by atoms with Crippen molar-refractivity contribution in [2.45, 2.75) is 13.0 Å². The maximum absolute atomic E-state index is 10.0. The van der Waals surface area contributed by atoms with Crippen molar-refractivity contribution in [2.24, 2.45) is 11.7 Å². The molecule has 0 aromatic heterocycles. The molecule has 0 bridgehead atoms. The topological polar surface area (TPSA) is 143 Å². The molecule has 0 saturated carbocycles. The fourth-order valence-electron chi connectivity index (χ4n) is 0.310. The molecule has 6 nitrogen and oxygen atoms in total. The fraction of sp³-hybridized carbons (Fsp3) is 0.600. The Balaban J connectivity index is -0.0000000320. The zero-order valence-electron chi connectivity index (χ0n) is 8.78. The Kier molecular flexibility index (Phi) is 21.4. The molecule has 0 saturated heterocycles. The number of carbonyl (C=O) groups excluding carboxylic acids is 1. The quantitative estimate of drug-likeness (QED) is 0.388. The van der Waals surface area contributed by atoms with E-state index in [1.165, 1.54) is 6.92 Å². The summed E-state index contributed by atoms with van der Waals surface area (Å²) in [5.74, 6) is -1.75. The van der Waals surface area contributed by atoms with Gasteiger partial charge in [-0.15, -0.1) is 0 Å². The zero-order valence-corrected chi connectivity index (χ0v) is 8.99. The van der Waals surface area contributed by atoms with Gasteiger partial charge in [-0.05, 0) is 0 Å². The second kappa shape index (κ2) is 11.3. The molecule has 0 fully saturated rings. The number of hydrogen-bond acceptors (Lipinski definition) is 3. The van der Waals surface area contributed by atoms with Crippen LogP contribution in [-0.2, 0) is 9.59 Å². The van der Waals surface area contributed by atoms with Gasteiger partial charge < -0.3 is 29.4 Å². The molecule has 1 unspecified atom stereocenters. The number of rotatable bonds is 3. The summed E-state index contributed by atoms with van der Waals surface area (Å²) in [5.41, 5.74) is 5.04. The molecule has 7 N–H and O–H groups in total. The molecule has 0 radical (unpaired) electrons. The first-order valence-corrected chi connectivity index (χ1v) is 2.53. The Labute approximate surface area is 103 Å². The summed E-state index contributed by atoms with van der Waals surface area (Å²) in [6.45, 7) is 1.46. The molecule has 7 heteroatoms. The molecule has 12 heavy (non-hydrogen) atoms. The van der Waals surface area contributed by atoms with Gasteiger partial charge in [0.2, 0.25) is 0 Å². The van der Waals surface area contributed by atoms with Crippen molar-refractivity contribution in [3.63, 3.8) is 0 Å². The molecular weight excluding hydrogens is 194 g/mol. The van der Waals surface area contributed by atoms with Crippen molar-refractivity contribution < 1.29 is 28.5 Å². The molecule has 0 aliphatic carbocycles. The molecule has 0 amide bonds. The molecule has 2 atom stereocenters. The van der Waals surface area contributed by atoms with Crippen molar-refractivity contribution >= 4 is 50.0 Å². The fourth-order valence-corrected chi connectivity index (χ4v) is 0.310. The van der Waals surface area contributed by atoms with Crippen molar-refractivity contribution in [1.82, 2.24) is 0 Å². The van der Waals surface area contributed by atoms with E-state index >= 15 is 0 Å². The maximum Gasteiger partial charge on any atom is 2.00 e. The average Bonchev–Trinajstić information content (AvgIpc) is 1.84. The molecular formula is C5H15CaNO5. The molecule has 0 aliphatic rings. The van der Waals surface area contributed by atoms with Gasteiger partial charge >= 0.3 is 43.7 Å². The van der Waals surface area contributed by atoms with E-state index in [-0.39, 0.29) is 51.5 Å².